The van der Waals surface area contributed by atoms with Gasteiger partial charge in [0.15, 0.2) is 0 Å². The molecule has 1 atom stereocenters. The Bertz CT molecular complexity index is 1280. The lowest BCUT2D eigenvalue weighted by Gasteiger charge is -2.18. The number of fused-ring (bicyclic) bond motifs is 1. The maximum absolute atomic E-state index is 12.8. The van der Waals surface area contributed by atoms with Crippen molar-refractivity contribution >= 4 is 34.2 Å². The van der Waals surface area contributed by atoms with Crippen molar-refractivity contribution in [1.82, 2.24) is 9.55 Å². The van der Waals surface area contributed by atoms with Crippen molar-refractivity contribution < 1.29 is 9.53 Å². The SMILES string of the molecule is Cc1cccc(OCCn2c([C@H]3CC(=O)N(c4cccc(Cl)c4)C3)nc3ccccc32)c1. The average molecular weight is 446 g/mol. The summed E-state index contributed by atoms with van der Waals surface area (Å²) in [6.45, 7) is 3.82. The van der Waals surface area contributed by atoms with Gasteiger partial charge in [-0.1, -0.05) is 41.9 Å². The summed E-state index contributed by atoms with van der Waals surface area (Å²) in [7, 11) is 0. The summed E-state index contributed by atoms with van der Waals surface area (Å²) in [5, 5.41) is 0.624. The predicted molar refractivity (Wildman–Crippen MR) is 128 cm³/mol. The van der Waals surface area contributed by atoms with Gasteiger partial charge in [-0.05, 0) is 55.0 Å². The van der Waals surface area contributed by atoms with E-state index in [-0.39, 0.29) is 11.8 Å². The summed E-state index contributed by atoms with van der Waals surface area (Å²) in [6, 6.07) is 23.6. The fourth-order valence-corrected chi connectivity index (χ4v) is 4.56. The smallest absolute Gasteiger partial charge is 0.227 e. The van der Waals surface area contributed by atoms with Gasteiger partial charge in [-0.2, -0.15) is 0 Å². The number of ether oxygens (including phenoxy) is 1. The average Bonchev–Trinajstić information content (AvgIpc) is 3.34. The van der Waals surface area contributed by atoms with Crippen molar-refractivity contribution in [2.75, 3.05) is 18.1 Å². The third kappa shape index (κ3) is 4.08. The van der Waals surface area contributed by atoms with Crippen LogP contribution in [-0.4, -0.2) is 28.6 Å². The van der Waals surface area contributed by atoms with E-state index in [1.165, 1.54) is 5.56 Å². The second kappa shape index (κ2) is 8.67. The normalized spacial score (nSPS) is 16.1. The van der Waals surface area contributed by atoms with Gasteiger partial charge in [0.2, 0.25) is 5.91 Å². The van der Waals surface area contributed by atoms with Gasteiger partial charge in [0.05, 0.1) is 17.6 Å². The molecule has 0 spiro atoms. The van der Waals surface area contributed by atoms with Gasteiger partial charge >= 0.3 is 0 Å². The van der Waals surface area contributed by atoms with Crippen LogP contribution in [0.15, 0.2) is 72.8 Å². The van der Waals surface area contributed by atoms with Gasteiger partial charge < -0.3 is 14.2 Å². The van der Waals surface area contributed by atoms with E-state index in [2.05, 4.69) is 23.6 Å². The maximum atomic E-state index is 12.8. The second-order valence-corrected chi connectivity index (χ2v) is 8.60. The van der Waals surface area contributed by atoms with Crippen molar-refractivity contribution in [3.05, 3.63) is 89.2 Å². The molecular weight excluding hydrogens is 422 g/mol. The van der Waals surface area contributed by atoms with E-state index in [0.717, 1.165) is 28.3 Å². The van der Waals surface area contributed by atoms with Crippen LogP contribution in [0.25, 0.3) is 11.0 Å². The van der Waals surface area contributed by atoms with E-state index in [9.17, 15) is 4.79 Å². The summed E-state index contributed by atoms with van der Waals surface area (Å²) in [5.74, 6) is 1.89. The number of aromatic nitrogens is 2. The summed E-state index contributed by atoms with van der Waals surface area (Å²) in [6.07, 6.45) is 0.425. The number of para-hydroxylation sites is 2. The first-order valence-electron chi connectivity index (χ1n) is 10.8. The highest BCUT2D eigenvalue weighted by atomic mass is 35.5. The Morgan fingerprint density at radius 1 is 1.06 bits per heavy atom. The number of amides is 1. The van der Waals surface area contributed by atoms with Crippen molar-refractivity contribution in [1.29, 1.82) is 0 Å². The van der Waals surface area contributed by atoms with Crippen LogP contribution < -0.4 is 9.64 Å². The number of carbonyl (C=O) groups excluding carboxylic acids is 1. The molecule has 3 aromatic carbocycles. The highest BCUT2D eigenvalue weighted by Gasteiger charge is 2.34. The first-order chi connectivity index (χ1) is 15.6. The fourth-order valence-electron chi connectivity index (χ4n) is 4.37. The lowest BCUT2D eigenvalue weighted by Crippen LogP contribution is -2.24. The number of benzene rings is 3. The Morgan fingerprint density at radius 3 is 2.75 bits per heavy atom. The zero-order valence-electron chi connectivity index (χ0n) is 17.9. The van der Waals surface area contributed by atoms with Crippen LogP contribution in [0, 0.1) is 6.92 Å². The molecule has 0 unspecified atom stereocenters. The summed E-state index contributed by atoms with van der Waals surface area (Å²) < 4.78 is 8.21. The number of halogens is 1. The zero-order chi connectivity index (χ0) is 22.1. The summed E-state index contributed by atoms with van der Waals surface area (Å²) in [5.41, 5.74) is 3.99. The molecular formula is C26H24ClN3O2. The van der Waals surface area contributed by atoms with Crippen molar-refractivity contribution in [3.8, 4) is 5.75 Å². The molecule has 6 heteroatoms. The Morgan fingerprint density at radius 2 is 1.91 bits per heavy atom. The minimum Gasteiger partial charge on any atom is -0.492 e. The van der Waals surface area contributed by atoms with Gasteiger partial charge in [-0.25, -0.2) is 4.98 Å². The van der Waals surface area contributed by atoms with Crippen LogP contribution in [0.2, 0.25) is 5.02 Å². The van der Waals surface area contributed by atoms with Crippen LogP contribution in [0.5, 0.6) is 5.75 Å². The van der Waals surface area contributed by atoms with Crippen molar-refractivity contribution in [3.63, 3.8) is 0 Å². The van der Waals surface area contributed by atoms with Crippen molar-refractivity contribution in [2.24, 2.45) is 0 Å². The zero-order valence-corrected chi connectivity index (χ0v) is 18.6. The van der Waals surface area contributed by atoms with Gasteiger partial charge in [0, 0.05) is 29.6 Å². The summed E-state index contributed by atoms with van der Waals surface area (Å²) in [4.78, 5) is 19.6. The quantitative estimate of drug-likeness (QED) is 0.388. The highest BCUT2D eigenvalue weighted by molar-refractivity contribution is 6.30. The molecule has 1 aliphatic rings. The van der Waals surface area contributed by atoms with E-state index in [1.54, 1.807) is 0 Å². The molecule has 5 rings (SSSR count). The first-order valence-corrected chi connectivity index (χ1v) is 11.2. The molecule has 1 amide bonds. The Kier molecular flexibility index (Phi) is 5.58. The van der Waals surface area contributed by atoms with Gasteiger partial charge in [-0.15, -0.1) is 0 Å². The standard InChI is InChI=1S/C26H24ClN3O2/c1-18-6-4-9-22(14-18)32-13-12-29-24-11-3-2-10-23(24)28-26(29)19-15-25(31)30(17-19)21-8-5-7-20(27)16-21/h2-11,14,16,19H,12-13,15,17H2,1H3/t19-/m0/s1. The largest absolute Gasteiger partial charge is 0.492 e. The number of hydrogen-bond acceptors (Lipinski definition) is 3. The first kappa shape index (κ1) is 20.6. The molecule has 2 heterocycles. The molecule has 1 aliphatic heterocycles. The Balaban J connectivity index is 1.41. The lowest BCUT2D eigenvalue weighted by atomic mass is 10.1. The molecule has 0 N–H and O–H groups in total. The number of nitrogens with zero attached hydrogens (tertiary/aromatic N) is 3. The van der Waals surface area contributed by atoms with Gasteiger partial charge in [-0.3, -0.25) is 4.79 Å². The minimum atomic E-state index is 0.00727. The molecule has 32 heavy (non-hydrogen) atoms. The van der Waals surface area contributed by atoms with Crippen LogP contribution in [0.1, 0.15) is 23.7 Å². The third-order valence-electron chi connectivity index (χ3n) is 5.87. The molecule has 0 bridgehead atoms. The molecule has 0 saturated carbocycles. The van der Waals surface area contributed by atoms with E-state index in [4.69, 9.17) is 21.3 Å². The number of anilines is 1. The minimum absolute atomic E-state index is 0.00727. The lowest BCUT2D eigenvalue weighted by molar-refractivity contribution is -0.117. The molecule has 5 nitrogen and oxygen atoms in total. The second-order valence-electron chi connectivity index (χ2n) is 8.16. The number of hydrogen-bond donors (Lipinski definition) is 0. The Labute approximate surface area is 192 Å². The van der Waals surface area contributed by atoms with Crippen molar-refractivity contribution in [2.45, 2.75) is 25.8 Å². The number of rotatable bonds is 6. The molecule has 162 valence electrons. The van der Waals surface area contributed by atoms with Crippen LogP contribution in [0.3, 0.4) is 0 Å². The highest BCUT2D eigenvalue weighted by Crippen LogP contribution is 2.34. The molecule has 0 radical (unpaired) electrons. The van der Waals surface area contributed by atoms with E-state index < -0.39 is 0 Å². The van der Waals surface area contributed by atoms with E-state index in [1.807, 2.05) is 65.6 Å². The Hall–Kier alpha value is -3.31. The monoisotopic (exact) mass is 445 g/mol. The van der Waals surface area contributed by atoms with Gasteiger partial charge in [0.25, 0.3) is 0 Å². The van der Waals surface area contributed by atoms with Crippen LogP contribution >= 0.6 is 11.6 Å². The van der Waals surface area contributed by atoms with Crippen LogP contribution in [-0.2, 0) is 11.3 Å². The molecule has 4 aromatic rings. The number of carbonyl (C=O) groups is 1. The molecule has 1 aromatic heterocycles. The third-order valence-corrected chi connectivity index (χ3v) is 6.10. The predicted octanol–water partition coefficient (Wildman–Crippen LogP) is 5.60. The number of aryl methyl sites for hydroxylation is 1. The van der Waals surface area contributed by atoms with E-state index in [0.29, 0.717) is 31.1 Å². The van der Waals surface area contributed by atoms with Crippen LogP contribution in [0.4, 0.5) is 5.69 Å². The molecule has 0 aliphatic carbocycles. The fraction of sp³-hybridized carbons (Fsp3) is 0.231. The topological polar surface area (TPSA) is 47.4 Å². The van der Waals surface area contributed by atoms with E-state index >= 15 is 0 Å². The summed E-state index contributed by atoms with van der Waals surface area (Å²) >= 11 is 6.15. The van der Waals surface area contributed by atoms with Gasteiger partial charge in [0.1, 0.15) is 18.2 Å². The molecule has 1 fully saturated rings. The maximum Gasteiger partial charge on any atom is 0.227 e. The molecule has 1 saturated heterocycles. The number of imidazole rings is 1.